The molecule has 1 aromatic heterocycles. The molecule has 1 amide bonds. The average Bonchev–Trinajstić information content (AvgIpc) is 2.76. The van der Waals surface area contributed by atoms with Crippen LogP contribution in [0.4, 0.5) is 11.4 Å². The lowest BCUT2D eigenvalue weighted by Crippen LogP contribution is -2.29. The van der Waals surface area contributed by atoms with E-state index in [1.54, 1.807) is 12.4 Å². The number of carbonyl (C=O) groups excluding carboxylic acids is 1. The second-order valence-electron chi connectivity index (χ2n) is 7.28. The summed E-state index contributed by atoms with van der Waals surface area (Å²) in [6.45, 7) is 2.22. The monoisotopic (exact) mass is 371 g/mol. The summed E-state index contributed by atoms with van der Waals surface area (Å²) in [5, 5.41) is 2.99. The molecule has 1 aliphatic heterocycles. The lowest BCUT2D eigenvalue weighted by atomic mass is 10.1. The predicted molar refractivity (Wildman–Crippen MR) is 114 cm³/mol. The number of nitrogens with one attached hydrogen (secondary N) is 1. The van der Waals surface area contributed by atoms with Crippen molar-refractivity contribution in [2.75, 3.05) is 23.3 Å². The minimum atomic E-state index is -0.0768. The van der Waals surface area contributed by atoms with Gasteiger partial charge in [0.25, 0.3) is 5.91 Å². The van der Waals surface area contributed by atoms with Crippen LogP contribution in [0.25, 0.3) is 0 Å². The van der Waals surface area contributed by atoms with Crippen LogP contribution in [-0.4, -0.2) is 24.0 Å². The predicted octanol–water partition coefficient (Wildman–Crippen LogP) is 4.92. The normalized spacial score (nSPS) is 13.9. The molecule has 3 aromatic rings. The largest absolute Gasteiger partial charge is 0.372 e. The Morgan fingerprint density at radius 3 is 2.14 bits per heavy atom. The number of carbonyl (C=O) groups is 1. The highest BCUT2D eigenvalue weighted by atomic mass is 16.1. The third kappa shape index (κ3) is 4.58. The number of piperidine rings is 1. The third-order valence-corrected chi connectivity index (χ3v) is 5.22. The molecule has 1 saturated heterocycles. The van der Waals surface area contributed by atoms with Crippen molar-refractivity contribution < 1.29 is 4.79 Å². The summed E-state index contributed by atoms with van der Waals surface area (Å²) in [6.07, 6.45) is 8.28. The smallest absolute Gasteiger partial charge is 0.255 e. The molecule has 0 atom stereocenters. The Bertz CT molecular complexity index is 899. The summed E-state index contributed by atoms with van der Waals surface area (Å²) in [5.41, 5.74) is 5.12. The van der Waals surface area contributed by atoms with Crippen LogP contribution in [0.1, 0.15) is 40.7 Å². The SMILES string of the molecule is O=C(Nc1ccc(Cc2ccncc2)cc1)c1ccc(N2CCCCC2)cc1. The van der Waals surface area contributed by atoms with Gasteiger partial charge in [0, 0.05) is 42.4 Å². The van der Waals surface area contributed by atoms with Crippen LogP contribution >= 0.6 is 0 Å². The number of rotatable bonds is 5. The van der Waals surface area contributed by atoms with Crippen LogP contribution in [0.3, 0.4) is 0 Å². The van der Waals surface area contributed by atoms with Gasteiger partial charge in [-0.25, -0.2) is 0 Å². The molecule has 4 nitrogen and oxygen atoms in total. The summed E-state index contributed by atoms with van der Waals surface area (Å²) >= 11 is 0. The van der Waals surface area contributed by atoms with Crippen molar-refractivity contribution in [2.24, 2.45) is 0 Å². The summed E-state index contributed by atoms with van der Waals surface area (Å²) in [7, 11) is 0. The molecule has 0 unspecified atom stereocenters. The fourth-order valence-electron chi connectivity index (χ4n) is 3.62. The lowest BCUT2D eigenvalue weighted by Gasteiger charge is -2.28. The molecule has 0 spiro atoms. The molecule has 28 heavy (non-hydrogen) atoms. The quantitative estimate of drug-likeness (QED) is 0.693. The zero-order chi connectivity index (χ0) is 19.2. The van der Waals surface area contributed by atoms with Gasteiger partial charge < -0.3 is 10.2 Å². The van der Waals surface area contributed by atoms with Crippen LogP contribution in [0.2, 0.25) is 0 Å². The number of hydrogen-bond acceptors (Lipinski definition) is 3. The third-order valence-electron chi connectivity index (χ3n) is 5.22. The van der Waals surface area contributed by atoms with E-state index in [4.69, 9.17) is 0 Å². The molecule has 2 aromatic carbocycles. The molecule has 2 heterocycles. The van der Waals surface area contributed by atoms with E-state index in [9.17, 15) is 4.79 Å². The van der Waals surface area contributed by atoms with Gasteiger partial charge >= 0.3 is 0 Å². The van der Waals surface area contributed by atoms with Crippen molar-refractivity contribution in [3.05, 3.63) is 89.7 Å². The number of benzene rings is 2. The van der Waals surface area contributed by atoms with E-state index in [1.807, 2.05) is 36.4 Å². The van der Waals surface area contributed by atoms with Gasteiger partial charge in [-0.15, -0.1) is 0 Å². The van der Waals surface area contributed by atoms with Crippen molar-refractivity contribution in [2.45, 2.75) is 25.7 Å². The van der Waals surface area contributed by atoms with Crippen LogP contribution < -0.4 is 10.2 Å². The zero-order valence-corrected chi connectivity index (χ0v) is 16.0. The first kappa shape index (κ1) is 18.2. The molecule has 0 bridgehead atoms. The van der Waals surface area contributed by atoms with E-state index >= 15 is 0 Å². The molecule has 4 rings (SSSR count). The van der Waals surface area contributed by atoms with Gasteiger partial charge in [0.1, 0.15) is 0 Å². The van der Waals surface area contributed by atoms with Crippen molar-refractivity contribution >= 4 is 17.3 Å². The van der Waals surface area contributed by atoms with E-state index in [-0.39, 0.29) is 5.91 Å². The van der Waals surface area contributed by atoms with Crippen LogP contribution in [-0.2, 0) is 6.42 Å². The highest BCUT2D eigenvalue weighted by Crippen LogP contribution is 2.21. The second kappa shape index (κ2) is 8.70. The van der Waals surface area contributed by atoms with Gasteiger partial charge in [0.05, 0.1) is 0 Å². The molecule has 0 saturated carbocycles. The van der Waals surface area contributed by atoms with Crippen LogP contribution in [0, 0.1) is 0 Å². The highest BCUT2D eigenvalue weighted by Gasteiger charge is 2.12. The number of amides is 1. The second-order valence-corrected chi connectivity index (χ2v) is 7.28. The molecule has 4 heteroatoms. The summed E-state index contributed by atoms with van der Waals surface area (Å²) in [6, 6.07) is 20.0. The van der Waals surface area contributed by atoms with Gasteiger partial charge in [-0.2, -0.15) is 0 Å². The summed E-state index contributed by atoms with van der Waals surface area (Å²) < 4.78 is 0. The first-order valence-electron chi connectivity index (χ1n) is 9.92. The molecule has 1 aliphatic rings. The maximum atomic E-state index is 12.5. The molecule has 142 valence electrons. The van der Waals surface area contributed by atoms with E-state index in [0.717, 1.165) is 25.2 Å². The van der Waals surface area contributed by atoms with Gasteiger partial charge in [0.2, 0.25) is 0 Å². The number of nitrogens with zero attached hydrogens (tertiary/aromatic N) is 2. The Kier molecular flexibility index (Phi) is 5.66. The van der Waals surface area contributed by atoms with Gasteiger partial charge in [-0.05, 0) is 85.3 Å². The Balaban J connectivity index is 1.36. The Labute approximate surface area is 166 Å². The molecule has 0 aliphatic carbocycles. The molecular formula is C24H25N3O. The highest BCUT2D eigenvalue weighted by molar-refractivity contribution is 6.04. The first-order valence-corrected chi connectivity index (χ1v) is 9.92. The first-order chi connectivity index (χ1) is 13.8. The molecule has 0 radical (unpaired) electrons. The fourth-order valence-corrected chi connectivity index (χ4v) is 3.62. The number of pyridine rings is 1. The fraction of sp³-hybridized carbons (Fsp3) is 0.250. The maximum absolute atomic E-state index is 12.5. The average molecular weight is 371 g/mol. The Morgan fingerprint density at radius 2 is 1.46 bits per heavy atom. The Morgan fingerprint density at radius 1 is 0.821 bits per heavy atom. The topological polar surface area (TPSA) is 45.2 Å². The maximum Gasteiger partial charge on any atom is 0.255 e. The van der Waals surface area contributed by atoms with Crippen LogP contribution in [0.5, 0.6) is 0 Å². The van der Waals surface area contributed by atoms with E-state index in [1.165, 1.54) is 36.1 Å². The van der Waals surface area contributed by atoms with Crippen molar-refractivity contribution in [3.63, 3.8) is 0 Å². The van der Waals surface area contributed by atoms with E-state index in [2.05, 4.69) is 39.5 Å². The minimum Gasteiger partial charge on any atom is -0.372 e. The minimum absolute atomic E-state index is 0.0768. The molecule has 1 fully saturated rings. The molecular weight excluding hydrogens is 346 g/mol. The van der Waals surface area contributed by atoms with Crippen molar-refractivity contribution in [3.8, 4) is 0 Å². The number of anilines is 2. The number of hydrogen-bond donors (Lipinski definition) is 1. The summed E-state index contributed by atoms with van der Waals surface area (Å²) in [5.74, 6) is -0.0768. The summed E-state index contributed by atoms with van der Waals surface area (Å²) in [4.78, 5) is 19.0. The standard InChI is InChI=1S/C24H25N3O/c28-24(21-6-10-23(11-7-21)27-16-2-1-3-17-27)26-22-8-4-19(5-9-22)18-20-12-14-25-15-13-20/h4-15H,1-3,16-18H2,(H,26,28). The van der Waals surface area contributed by atoms with E-state index in [0.29, 0.717) is 5.56 Å². The molecule has 1 N–H and O–H groups in total. The number of aromatic nitrogens is 1. The van der Waals surface area contributed by atoms with Gasteiger partial charge in [-0.3, -0.25) is 9.78 Å². The Hall–Kier alpha value is -3.14. The van der Waals surface area contributed by atoms with Crippen LogP contribution in [0.15, 0.2) is 73.1 Å². The van der Waals surface area contributed by atoms with Crippen molar-refractivity contribution in [1.82, 2.24) is 4.98 Å². The van der Waals surface area contributed by atoms with E-state index < -0.39 is 0 Å². The van der Waals surface area contributed by atoms with Crippen molar-refractivity contribution in [1.29, 1.82) is 0 Å². The lowest BCUT2D eigenvalue weighted by molar-refractivity contribution is 0.102. The zero-order valence-electron chi connectivity index (χ0n) is 16.0. The van der Waals surface area contributed by atoms with Gasteiger partial charge in [0.15, 0.2) is 0 Å². The van der Waals surface area contributed by atoms with Gasteiger partial charge in [-0.1, -0.05) is 12.1 Å².